The number of benzene rings is 1. The third kappa shape index (κ3) is 2.23. The zero-order chi connectivity index (χ0) is 12.3. The van der Waals surface area contributed by atoms with E-state index in [0.29, 0.717) is 18.4 Å². The molecule has 17 heavy (non-hydrogen) atoms. The molecule has 3 heteroatoms. The van der Waals surface area contributed by atoms with Crippen molar-refractivity contribution in [2.75, 3.05) is 5.75 Å². The predicted octanol–water partition coefficient (Wildman–Crippen LogP) is 3.68. The molecular formula is C14H15NOS. The minimum absolute atomic E-state index is 0.000650. The van der Waals surface area contributed by atoms with Gasteiger partial charge in [-0.2, -0.15) is 5.26 Å². The molecule has 0 atom stereocenters. The van der Waals surface area contributed by atoms with Gasteiger partial charge in [0.05, 0.1) is 6.07 Å². The Hall–Kier alpha value is -1.27. The largest absolute Gasteiger partial charge is 0.292 e. The van der Waals surface area contributed by atoms with Crippen LogP contribution < -0.4 is 0 Å². The highest BCUT2D eigenvalue weighted by atomic mass is 32.2. The van der Waals surface area contributed by atoms with Gasteiger partial charge in [0.2, 0.25) is 0 Å². The zero-order valence-corrected chi connectivity index (χ0v) is 10.7. The highest BCUT2D eigenvalue weighted by molar-refractivity contribution is 7.99. The number of ketones is 1. The Bertz CT molecular complexity index is 454. The van der Waals surface area contributed by atoms with Gasteiger partial charge in [0.1, 0.15) is 5.41 Å². The summed E-state index contributed by atoms with van der Waals surface area (Å²) in [7, 11) is 0. The average molecular weight is 245 g/mol. The van der Waals surface area contributed by atoms with Gasteiger partial charge in [0.25, 0.3) is 0 Å². The Balaban J connectivity index is 2.18. The lowest BCUT2D eigenvalue weighted by atomic mass is 9.66. The molecule has 2 rings (SSSR count). The summed E-state index contributed by atoms with van der Waals surface area (Å²) < 4.78 is 0. The van der Waals surface area contributed by atoms with Crippen molar-refractivity contribution in [1.29, 1.82) is 5.26 Å². The van der Waals surface area contributed by atoms with Gasteiger partial charge in [-0.25, -0.2) is 0 Å². The molecule has 0 spiro atoms. The molecule has 1 aliphatic carbocycles. The van der Waals surface area contributed by atoms with Crippen LogP contribution in [-0.2, 0) is 0 Å². The molecule has 1 fully saturated rings. The van der Waals surface area contributed by atoms with Crippen LogP contribution in [0.5, 0.6) is 0 Å². The lowest BCUT2D eigenvalue weighted by molar-refractivity contribution is 0.0748. The lowest BCUT2D eigenvalue weighted by Crippen LogP contribution is -2.36. The van der Waals surface area contributed by atoms with Gasteiger partial charge in [0.15, 0.2) is 5.78 Å². The molecule has 0 heterocycles. The van der Waals surface area contributed by atoms with E-state index < -0.39 is 5.41 Å². The number of Topliss-reactive ketones (excluding diaryl/α,β-unsaturated/α-hetero) is 1. The summed E-state index contributed by atoms with van der Waals surface area (Å²) in [5.41, 5.74) is -0.0499. The number of carbonyl (C=O) groups excluding carboxylic acids is 1. The van der Waals surface area contributed by atoms with E-state index in [1.165, 1.54) is 4.90 Å². The second-order valence-corrected chi connectivity index (χ2v) is 5.67. The van der Waals surface area contributed by atoms with Crippen molar-refractivity contribution in [2.24, 2.45) is 5.41 Å². The third-order valence-electron chi connectivity index (χ3n) is 3.28. The summed E-state index contributed by atoms with van der Waals surface area (Å²) >= 11 is 1.75. The first kappa shape index (κ1) is 12.2. The molecule has 1 aromatic carbocycles. The fraction of sp³-hybridized carbons (Fsp3) is 0.429. The van der Waals surface area contributed by atoms with Crippen molar-refractivity contribution < 1.29 is 4.79 Å². The quantitative estimate of drug-likeness (QED) is 0.600. The molecule has 0 amide bonds. The number of hydrogen-bond acceptors (Lipinski definition) is 3. The molecule has 0 radical (unpaired) electrons. The summed E-state index contributed by atoms with van der Waals surface area (Å²) in [5.74, 6) is 1.02. The van der Waals surface area contributed by atoms with Crippen LogP contribution in [0.4, 0.5) is 0 Å². The third-order valence-corrected chi connectivity index (χ3v) is 4.18. The van der Waals surface area contributed by atoms with E-state index in [2.05, 4.69) is 13.0 Å². The smallest absolute Gasteiger partial charge is 0.183 e. The van der Waals surface area contributed by atoms with Gasteiger partial charge >= 0.3 is 0 Å². The SMILES string of the molecule is CCSc1ccc(C(=O)C2(C#N)CCC2)cc1. The molecule has 1 aliphatic rings. The van der Waals surface area contributed by atoms with Crippen molar-refractivity contribution in [1.82, 2.24) is 0 Å². The van der Waals surface area contributed by atoms with Gasteiger partial charge in [-0.1, -0.05) is 19.1 Å². The maximum absolute atomic E-state index is 12.2. The average Bonchev–Trinajstić information content (AvgIpc) is 2.29. The van der Waals surface area contributed by atoms with Crippen LogP contribution in [-0.4, -0.2) is 11.5 Å². The monoisotopic (exact) mass is 245 g/mol. The summed E-state index contributed by atoms with van der Waals surface area (Å²) in [4.78, 5) is 13.4. The maximum atomic E-state index is 12.2. The molecule has 0 saturated heterocycles. The second-order valence-electron chi connectivity index (χ2n) is 4.33. The number of carbonyl (C=O) groups is 1. The van der Waals surface area contributed by atoms with E-state index in [9.17, 15) is 4.79 Å². The first-order chi connectivity index (χ1) is 8.22. The summed E-state index contributed by atoms with van der Waals surface area (Å²) in [5, 5.41) is 9.13. The van der Waals surface area contributed by atoms with Crippen LogP contribution in [0.1, 0.15) is 36.5 Å². The van der Waals surface area contributed by atoms with Crippen LogP contribution in [0.15, 0.2) is 29.2 Å². The first-order valence-electron chi connectivity index (χ1n) is 5.91. The van der Waals surface area contributed by atoms with Gasteiger partial charge in [0, 0.05) is 10.5 Å². The molecule has 88 valence electrons. The van der Waals surface area contributed by atoms with Gasteiger partial charge in [-0.3, -0.25) is 4.79 Å². The molecule has 0 aliphatic heterocycles. The Morgan fingerprint density at radius 1 is 1.41 bits per heavy atom. The minimum atomic E-state index is -0.723. The standard InChI is InChI=1S/C14H15NOS/c1-2-17-12-6-4-11(5-7-12)13(16)14(10-15)8-3-9-14/h4-7H,2-3,8-9H2,1H3. The highest BCUT2D eigenvalue weighted by Crippen LogP contribution is 2.43. The lowest BCUT2D eigenvalue weighted by Gasteiger charge is -2.33. The van der Waals surface area contributed by atoms with E-state index in [0.717, 1.165) is 12.2 Å². The molecule has 0 unspecified atom stereocenters. The summed E-state index contributed by atoms with van der Waals surface area (Å²) in [6, 6.07) is 9.82. The molecule has 1 aromatic rings. The summed E-state index contributed by atoms with van der Waals surface area (Å²) in [6.45, 7) is 2.10. The minimum Gasteiger partial charge on any atom is -0.292 e. The van der Waals surface area contributed by atoms with Crippen LogP contribution in [0.25, 0.3) is 0 Å². The van der Waals surface area contributed by atoms with Gasteiger partial charge in [-0.15, -0.1) is 11.8 Å². The Morgan fingerprint density at radius 2 is 2.06 bits per heavy atom. The summed E-state index contributed by atoms with van der Waals surface area (Å²) in [6.07, 6.45) is 2.42. The number of hydrogen-bond donors (Lipinski definition) is 0. The topological polar surface area (TPSA) is 40.9 Å². The van der Waals surface area contributed by atoms with E-state index in [4.69, 9.17) is 5.26 Å². The van der Waals surface area contributed by atoms with Crippen molar-refractivity contribution in [3.63, 3.8) is 0 Å². The first-order valence-corrected chi connectivity index (χ1v) is 6.89. The molecular weight excluding hydrogens is 230 g/mol. The second kappa shape index (κ2) is 4.93. The van der Waals surface area contributed by atoms with Crippen molar-refractivity contribution >= 4 is 17.5 Å². The van der Waals surface area contributed by atoms with E-state index >= 15 is 0 Å². The van der Waals surface area contributed by atoms with E-state index in [1.54, 1.807) is 11.8 Å². The Morgan fingerprint density at radius 3 is 2.47 bits per heavy atom. The van der Waals surface area contributed by atoms with Crippen molar-refractivity contribution in [2.45, 2.75) is 31.1 Å². The Kier molecular flexibility index (Phi) is 3.54. The number of nitriles is 1. The highest BCUT2D eigenvalue weighted by Gasteiger charge is 2.44. The Labute approximate surface area is 106 Å². The molecule has 0 bridgehead atoms. The van der Waals surface area contributed by atoms with E-state index in [1.807, 2.05) is 24.3 Å². The number of rotatable bonds is 4. The fourth-order valence-electron chi connectivity index (χ4n) is 2.07. The predicted molar refractivity (Wildman–Crippen MR) is 69.1 cm³/mol. The normalized spacial score (nSPS) is 16.9. The zero-order valence-electron chi connectivity index (χ0n) is 9.90. The van der Waals surface area contributed by atoms with Crippen molar-refractivity contribution in [3.8, 4) is 6.07 Å². The molecule has 0 aromatic heterocycles. The maximum Gasteiger partial charge on any atom is 0.183 e. The van der Waals surface area contributed by atoms with Crippen molar-refractivity contribution in [3.05, 3.63) is 29.8 Å². The fourth-order valence-corrected chi connectivity index (χ4v) is 2.73. The molecule has 0 N–H and O–H groups in total. The van der Waals surface area contributed by atoms with Crippen LogP contribution >= 0.6 is 11.8 Å². The van der Waals surface area contributed by atoms with Gasteiger partial charge < -0.3 is 0 Å². The van der Waals surface area contributed by atoms with Gasteiger partial charge in [-0.05, 0) is 37.1 Å². The molecule has 2 nitrogen and oxygen atoms in total. The number of thioether (sulfide) groups is 1. The number of nitrogens with zero attached hydrogens (tertiary/aromatic N) is 1. The van der Waals surface area contributed by atoms with Crippen LogP contribution in [0.3, 0.4) is 0 Å². The molecule has 1 saturated carbocycles. The van der Waals surface area contributed by atoms with Crippen LogP contribution in [0, 0.1) is 16.7 Å². The van der Waals surface area contributed by atoms with E-state index in [-0.39, 0.29) is 5.78 Å². The van der Waals surface area contributed by atoms with Crippen LogP contribution in [0.2, 0.25) is 0 Å².